The minimum atomic E-state index is -0.888. The van der Waals surface area contributed by atoms with E-state index < -0.39 is 36.1 Å². The molecule has 0 N–H and O–H groups in total. The van der Waals surface area contributed by atoms with Crippen LogP contribution >= 0.6 is 56.7 Å². The second-order valence-corrected chi connectivity index (χ2v) is 22.8. The van der Waals surface area contributed by atoms with Gasteiger partial charge in [0.25, 0.3) is 13.2 Å². The van der Waals surface area contributed by atoms with Crippen LogP contribution in [0.15, 0.2) is 57.5 Å². The van der Waals surface area contributed by atoms with Crippen molar-refractivity contribution in [3.63, 3.8) is 0 Å². The number of ether oxygens (including phenoxy) is 12. The zero-order valence-electron chi connectivity index (χ0n) is 41.3. The van der Waals surface area contributed by atoms with Crippen LogP contribution in [-0.2, 0) is 51.0 Å². The maximum absolute atomic E-state index is 12.8. The molecule has 2 unspecified atom stereocenters. The minimum Gasteiger partial charge on any atom is -0.485 e. The second-order valence-electron chi connectivity index (χ2n) is 17.5. The SMILES string of the molecule is C=C(C)C(=O)OCC(Cc1sc(-c2sc(-c3s/c(=c4/sc(-c5sc(CC(COC(=O)C(=C)C)OC(=O)C(=C)C)c6c5OCCO6)c5c4=[O+]CCO5)c4c3OCC[O+]=4)c3c2OCCO3)c2c1OCCO2)OC(=O)C(=C)C. The van der Waals surface area contributed by atoms with Gasteiger partial charge in [-0.3, -0.25) is 0 Å². The minimum absolute atomic E-state index is 0.135. The van der Waals surface area contributed by atoms with Gasteiger partial charge in [0.1, 0.15) is 74.8 Å². The Kier molecular flexibility index (Phi) is 15.1. The fourth-order valence-corrected chi connectivity index (χ4v) is 14.7. The molecule has 5 aliphatic heterocycles. The van der Waals surface area contributed by atoms with Crippen molar-refractivity contribution < 1.29 is 76.0 Å². The molecule has 2 atom stereocenters. The van der Waals surface area contributed by atoms with Gasteiger partial charge in [0.15, 0.2) is 56.8 Å². The average molecular weight is 1120 g/mol. The van der Waals surface area contributed by atoms with Gasteiger partial charge >= 0.3 is 34.7 Å². The molecule has 10 rings (SSSR count). The molecule has 0 aromatic carbocycles. The van der Waals surface area contributed by atoms with Crippen molar-refractivity contribution in [1.29, 1.82) is 0 Å². The first-order valence-corrected chi connectivity index (χ1v) is 27.7. The van der Waals surface area contributed by atoms with E-state index in [9.17, 15) is 19.2 Å². The molecule has 23 heteroatoms. The molecule has 18 nitrogen and oxygen atoms in total. The van der Waals surface area contributed by atoms with Gasteiger partial charge in [0.2, 0.25) is 11.5 Å². The normalized spacial score (nSPS) is 15.9. The summed E-state index contributed by atoms with van der Waals surface area (Å²) >= 11 is 7.11. The van der Waals surface area contributed by atoms with Crippen LogP contribution < -0.4 is 48.8 Å². The Morgan fingerprint density at radius 1 is 0.427 bits per heavy atom. The quantitative estimate of drug-likeness (QED) is 0.0376. The van der Waals surface area contributed by atoms with Gasteiger partial charge in [-0.05, 0) is 27.7 Å². The molecule has 0 fully saturated rings. The molecule has 394 valence electrons. The Labute approximate surface area is 448 Å². The summed E-state index contributed by atoms with van der Waals surface area (Å²) in [6, 6.07) is 0. The van der Waals surface area contributed by atoms with E-state index in [1.54, 1.807) is 13.8 Å². The molecule has 0 spiro atoms. The molecule has 0 amide bonds. The van der Waals surface area contributed by atoms with Gasteiger partial charge in [-0.15, -0.1) is 56.7 Å². The molecule has 0 saturated heterocycles. The van der Waals surface area contributed by atoms with Crippen molar-refractivity contribution in [2.75, 3.05) is 79.3 Å². The summed E-state index contributed by atoms with van der Waals surface area (Å²) in [7, 11) is 0. The third-order valence-electron chi connectivity index (χ3n) is 11.5. The lowest BCUT2D eigenvalue weighted by atomic mass is 10.2. The zero-order valence-corrected chi connectivity index (χ0v) is 45.4. The third kappa shape index (κ3) is 10.4. The van der Waals surface area contributed by atoms with E-state index in [0.29, 0.717) is 116 Å². The lowest BCUT2D eigenvalue weighted by Crippen LogP contribution is -2.28. The van der Waals surface area contributed by atoms with Crippen LogP contribution in [0.5, 0.6) is 46.0 Å². The van der Waals surface area contributed by atoms with Crippen LogP contribution in [0.4, 0.5) is 0 Å². The molecule has 5 aliphatic rings. The summed E-state index contributed by atoms with van der Waals surface area (Å²) in [4.78, 5) is 56.3. The van der Waals surface area contributed by atoms with E-state index in [-0.39, 0.29) is 74.8 Å². The van der Waals surface area contributed by atoms with Gasteiger partial charge in [-0.25, -0.2) is 28.0 Å². The van der Waals surface area contributed by atoms with Crippen LogP contribution in [0, 0.1) is 9.06 Å². The monoisotopic (exact) mass is 1120 g/mol. The topological polar surface area (TPSA) is 202 Å². The lowest BCUT2D eigenvalue weighted by Gasteiger charge is -2.20. The number of esters is 4. The van der Waals surface area contributed by atoms with Crippen LogP contribution in [0.1, 0.15) is 37.4 Å². The molecular weight excluding hydrogens is 1070 g/mol. The highest BCUT2D eigenvalue weighted by molar-refractivity contribution is 7.27. The van der Waals surface area contributed by atoms with Gasteiger partial charge in [0.05, 0.1) is 29.3 Å². The van der Waals surface area contributed by atoms with Crippen LogP contribution in [0.25, 0.3) is 29.3 Å². The molecule has 0 saturated carbocycles. The summed E-state index contributed by atoms with van der Waals surface area (Å²) in [5.74, 6) is 1.58. The van der Waals surface area contributed by atoms with E-state index in [1.165, 1.54) is 70.5 Å². The van der Waals surface area contributed by atoms with E-state index in [1.807, 2.05) is 0 Å². The van der Waals surface area contributed by atoms with E-state index in [0.717, 1.165) is 28.6 Å². The van der Waals surface area contributed by atoms with Crippen molar-refractivity contribution in [1.82, 2.24) is 0 Å². The fourth-order valence-electron chi connectivity index (χ4n) is 8.11. The molecular formula is C52H50O18S5+2. The van der Waals surface area contributed by atoms with Crippen LogP contribution in [0.2, 0.25) is 0 Å². The van der Waals surface area contributed by atoms with Gasteiger partial charge in [0, 0.05) is 35.1 Å². The highest BCUT2D eigenvalue weighted by atomic mass is 32.1. The Balaban J connectivity index is 1.08. The number of carbonyl (C=O) groups is 4. The summed E-state index contributed by atoms with van der Waals surface area (Å²) in [5, 5.41) is 0. The maximum Gasteiger partial charge on any atom is 0.405 e. The standard InChI is InChI=1S/C52H50O18S5/c1-23(2)49(53)67-21-27(69-51(55)25(5)6)19-29-31-33(59-11-9-57-31)41(71-29)43-35-37(63-15-13-61-35)45(73-43)47-39-40(66-18-17-65-39)48(75-47)46-38-36(62-14-16-64-38)44(74-46)42-34-32(58-10-12-60-34)30(72-42)20-28(70-52(56)26(7)8)22-68-50(54)24(3)4/h27-28H,1,3,5,7,9-22H2,2,4,6,8H3/q+2. The molecule has 10 heterocycles. The smallest absolute Gasteiger partial charge is 0.405 e. The fraction of sp³-hybridized carbons (Fsp3) is 0.385. The van der Waals surface area contributed by atoms with Crippen molar-refractivity contribution >= 4 is 80.6 Å². The van der Waals surface area contributed by atoms with Gasteiger partial charge in [-0.2, -0.15) is 0 Å². The average Bonchev–Trinajstić information content (AvgIpc) is 4.26. The Morgan fingerprint density at radius 2 is 0.733 bits per heavy atom. The first kappa shape index (κ1) is 51.8. The highest BCUT2D eigenvalue weighted by Crippen LogP contribution is 2.61. The second kappa shape index (κ2) is 21.9. The predicted octanol–water partition coefficient (Wildman–Crippen LogP) is 7.91. The van der Waals surface area contributed by atoms with Crippen molar-refractivity contribution in [3.05, 3.63) is 87.1 Å². The summed E-state index contributed by atoms with van der Waals surface area (Å²) < 4.78 is 87.8. The van der Waals surface area contributed by atoms with E-state index >= 15 is 0 Å². The van der Waals surface area contributed by atoms with Gasteiger partial charge < -0.3 is 56.8 Å². The summed E-state index contributed by atoms with van der Waals surface area (Å²) in [6.07, 6.45) is -1.51. The summed E-state index contributed by atoms with van der Waals surface area (Å²) in [6.45, 7) is 23.4. The molecule has 5 aromatic rings. The molecule has 0 aliphatic carbocycles. The zero-order chi connectivity index (χ0) is 52.7. The Morgan fingerprint density at radius 3 is 1.09 bits per heavy atom. The molecule has 0 bridgehead atoms. The van der Waals surface area contributed by atoms with E-state index in [2.05, 4.69) is 26.3 Å². The maximum atomic E-state index is 12.8. The molecule has 0 radical (unpaired) electrons. The predicted molar refractivity (Wildman–Crippen MR) is 282 cm³/mol. The highest BCUT2D eigenvalue weighted by Gasteiger charge is 2.40. The first-order valence-electron chi connectivity index (χ1n) is 23.7. The van der Waals surface area contributed by atoms with Crippen molar-refractivity contribution in [2.45, 2.75) is 52.7 Å². The van der Waals surface area contributed by atoms with Gasteiger partial charge in [-0.1, -0.05) is 26.3 Å². The number of hydrogen-bond acceptors (Lipinski definition) is 21. The lowest BCUT2D eigenvalue weighted by molar-refractivity contribution is -0.153. The number of hydrogen-bond donors (Lipinski definition) is 0. The van der Waals surface area contributed by atoms with Crippen molar-refractivity contribution in [2.24, 2.45) is 0 Å². The van der Waals surface area contributed by atoms with Crippen molar-refractivity contribution in [3.8, 4) is 75.3 Å². The number of thiophene rings is 5. The number of carbonyl (C=O) groups excluding carboxylic acids is 4. The largest absolute Gasteiger partial charge is 0.485 e. The number of fused-ring (bicyclic) bond motifs is 5. The molecule has 5 aromatic heterocycles. The van der Waals surface area contributed by atoms with Crippen LogP contribution in [0.3, 0.4) is 0 Å². The molecule has 75 heavy (non-hydrogen) atoms. The third-order valence-corrected chi connectivity index (χ3v) is 18.0. The van der Waals surface area contributed by atoms with E-state index in [4.69, 9.17) is 65.7 Å². The first-order chi connectivity index (χ1) is 36.2. The Bertz CT molecular complexity index is 3440. The number of rotatable bonds is 17. The Hall–Kier alpha value is -6.66. The van der Waals surface area contributed by atoms with Crippen LogP contribution in [-0.4, -0.2) is 115 Å². The summed E-state index contributed by atoms with van der Waals surface area (Å²) in [5.41, 5.74) is 1.85.